The highest BCUT2D eigenvalue weighted by Gasteiger charge is 2.65. The summed E-state index contributed by atoms with van der Waals surface area (Å²) in [7, 11) is -2.92. The summed E-state index contributed by atoms with van der Waals surface area (Å²) in [6.07, 6.45) is -3.89. The van der Waals surface area contributed by atoms with E-state index in [0.29, 0.717) is 16.7 Å². The van der Waals surface area contributed by atoms with Gasteiger partial charge in [-0.05, 0) is 44.2 Å². The molecule has 0 spiro atoms. The number of rotatable bonds is 4. The Morgan fingerprint density at radius 2 is 1.91 bits per heavy atom. The van der Waals surface area contributed by atoms with Crippen LogP contribution in [0.15, 0.2) is 42.7 Å². The van der Waals surface area contributed by atoms with Crippen molar-refractivity contribution in [2.75, 3.05) is 18.2 Å². The summed E-state index contributed by atoms with van der Waals surface area (Å²) in [6, 6.07) is 6.31. The molecule has 4 N–H and O–H groups in total. The number of pyridine rings is 2. The van der Waals surface area contributed by atoms with Gasteiger partial charge in [-0.1, -0.05) is 0 Å². The predicted molar refractivity (Wildman–Crippen MR) is 122 cm³/mol. The second-order valence-electron chi connectivity index (χ2n) is 8.81. The first-order chi connectivity index (χ1) is 16.2. The van der Waals surface area contributed by atoms with Crippen LogP contribution < -0.4 is 21.1 Å². The maximum Gasteiger partial charge on any atom is 0.411 e. The molecule has 1 unspecified atom stereocenters. The monoisotopic (exact) mass is 513 g/mol. The van der Waals surface area contributed by atoms with Gasteiger partial charge in [0.15, 0.2) is 21.2 Å². The molecular formula is C22H23F4N5O3S. The highest BCUT2D eigenvalue weighted by molar-refractivity contribution is 7.92. The molecule has 2 aromatic heterocycles. The second kappa shape index (κ2) is 8.28. The number of nitrogens with zero attached hydrogens (tertiary/aromatic N) is 2. The molecule has 1 aromatic carbocycles. The van der Waals surface area contributed by atoms with E-state index >= 15 is 0 Å². The first-order valence-corrected chi connectivity index (χ1v) is 12.1. The third kappa shape index (κ3) is 4.06. The number of fused-ring (bicyclic) bond motifs is 1. The van der Waals surface area contributed by atoms with Crippen LogP contribution in [-0.4, -0.2) is 48.3 Å². The van der Waals surface area contributed by atoms with Crippen molar-refractivity contribution < 1.29 is 30.7 Å². The van der Waals surface area contributed by atoms with Gasteiger partial charge in [-0.2, -0.15) is 13.2 Å². The SMILES string of the molecule is COc1cnc2c(Nc3ccc(F)c([C@]4(C(F)(F)F)CS(=O)(=O)C(C)(C)C(N)N4)c3)nccc2c1. The molecule has 35 heavy (non-hydrogen) atoms. The summed E-state index contributed by atoms with van der Waals surface area (Å²) in [5.41, 5.74) is 2.11. The van der Waals surface area contributed by atoms with E-state index in [0.717, 1.165) is 12.1 Å². The fourth-order valence-corrected chi connectivity index (χ4v) is 5.72. The highest BCUT2D eigenvalue weighted by atomic mass is 32.2. The molecule has 188 valence electrons. The van der Waals surface area contributed by atoms with Crippen molar-refractivity contribution in [3.05, 3.63) is 54.1 Å². The number of methoxy groups -OCH3 is 1. The zero-order valence-corrected chi connectivity index (χ0v) is 19.8. The number of sulfone groups is 1. The molecule has 2 atom stereocenters. The number of nitrogens with two attached hydrogens (primary N) is 1. The van der Waals surface area contributed by atoms with Crippen LogP contribution in [0.5, 0.6) is 5.75 Å². The molecule has 3 heterocycles. The molecule has 8 nitrogen and oxygen atoms in total. The van der Waals surface area contributed by atoms with E-state index in [4.69, 9.17) is 10.5 Å². The Kier molecular flexibility index (Phi) is 5.93. The first-order valence-electron chi connectivity index (χ1n) is 10.4. The van der Waals surface area contributed by atoms with Crippen LogP contribution in [0.1, 0.15) is 19.4 Å². The van der Waals surface area contributed by atoms with Gasteiger partial charge in [-0.25, -0.2) is 22.8 Å². The molecule has 3 aromatic rings. The summed E-state index contributed by atoms with van der Waals surface area (Å²) in [4.78, 5) is 8.44. The van der Waals surface area contributed by atoms with E-state index in [9.17, 15) is 26.0 Å². The lowest BCUT2D eigenvalue weighted by atomic mass is 9.88. The van der Waals surface area contributed by atoms with Gasteiger partial charge in [0, 0.05) is 22.8 Å². The Hall–Kier alpha value is -3.03. The number of anilines is 2. The Bertz CT molecular complexity index is 1400. The van der Waals surface area contributed by atoms with Crippen molar-refractivity contribution >= 4 is 32.2 Å². The highest BCUT2D eigenvalue weighted by Crippen LogP contribution is 2.47. The minimum atomic E-state index is -5.19. The van der Waals surface area contributed by atoms with Crippen LogP contribution in [0.2, 0.25) is 0 Å². The minimum Gasteiger partial charge on any atom is -0.495 e. The Labute approximate surface area is 198 Å². The van der Waals surface area contributed by atoms with Gasteiger partial charge in [0.1, 0.15) is 17.1 Å². The fourth-order valence-electron chi connectivity index (χ4n) is 3.93. The van der Waals surface area contributed by atoms with Gasteiger partial charge in [-0.3, -0.25) is 5.32 Å². The van der Waals surface area contributed by atoms with E-state index in [1.165, 1.54) is 39.4 Å². The number of benzene rings is 1. The summed E-state index contributed by atoms with van der Waals surface area (Å²) in [5.74, 6) is -1.96. The van der Waals surface area contributed by atoms with Crippen molar-refractivity contribution in [1.82, 2.24) is 15.3 Å². The van der Waals surface area contributed by atoms with Crippen molar-refractivity contribution in [3.63, 3.8) is 0 Å². The Balaban J connectivity index is 1.82. The summed E-state index contributed by atoms with van der Waals surface area (Å²) >= 11 is 0. The van der Waals surface area contributed by atoms with E-state index in [2.05, 4.69) is 20.6 Å². The third-order valence-electron chi connectivity index (χ3n) is 6.34. The zero-order chi connectivity index (χ0) is 25.8. The van der Waals surface area contributed by atoms with Gasteiger partial charge in [0.05, 0.1) is 30.0 Å². The molecule has 1 aliphatic heterocycles. The van der Waals surface area contributed by atoms with Crippen LogP contribution in [0.3, 0.4) is 0 Å². The molecule has 1 fully saturated rings. The maximum atomic E-state index is 14.9. The summed E-state index contributed by atoms with van der Waals surface area (Å²) in [5, 5.41) is 5.66. The van der Waals surface area contributed by atoms with Gasteiger partial charge in [0.2, 0.25) is 0 Å². The average Bonchev–Trinajstić information content (AvgIpc) is 2.77. The Morgan fingerprint density at radius 3 is 2.54 bits per heavy atom. The predicted octanol–water partition coefficient (Wildman–Crippen LogP) is 3.36. The lowest BCUT2D eigenvalue weighted by molar-refractivity contribution is -0.199. The largest absolute Gasteiger partial charge is 0.495 e. The molecule has 0 radical (unpaired) electrons. The number of hydrogen-bond acceptors (Lipinski definition) is 8. The minimum absolute atomic E-state index is 0.0419. The quantitative estimate of drug-likeness (QED) is 0.455. The first kappa shape index (κ1) is 25.1. The molecule has 1 aliphatic rings. The standard InChI is InChI=1S/C22H23F4N5O3S/c1-20(2)19(27)31-21(22(24,25)26,11-35(20,32)33)15-9-13(4-5-16(15)23)30-18-17-12(6-7-28-18)8-14(34-3)10-29-17/h4-10,19,31H,11,27H2,1-3H3,(H,28,30)/t19?,21-/m0/s1. The molecule has 0 aliphatic carbocycles. The number of ether oxygens (including phenoxy) is 1. The number of aromatic nitrogens is 2. The van der Waals surface area contributed by atoms with Gasteiger partial charge in [0.25, 0.3) is 0 Å². The molecule has 1 saturated heterocycles. The van der Waals surface area contributed by atoms with Crippen LogP contribution in [0.4, 0.5) is 29.1 Å². The fraction of sp³-hybridized carbons (Fsp3) is 0.364. The van der Waals surface area contributed by atoms with E-state index in [1.54, 1.807) is 12.1 Å². The molecule has 4 rings (SSSR count). The lowest BCUT2D eigenvalue weighted by Crippen LogP contribution is -2.74. The van der Waals surface area contributed by atoms with Crippen molar-refractivity contribution in [2.24, 2.45) is 5.73 Å². The lowest BCUT2D eigenvalue weighted by Gasteiger charge is -2.48. The van der Waals surface area contributed by atoms with Crippen LogP contribution in [0, 0.1) is 5.82 Å². The van der Waals surface area contributed by atoms with Crippen molar-refractivity contribution in [2.45, 2.75) is 36.5 Å². The summed E-state index contributed by atoms with van der Waals surface area (Å²) < 4.78 is 87.5. The normalized spacial score (nSPS) is 23.7. The Morgan fingerprint density at radius 1 is 1.20 bits per heavy atom. The van der Waals surface area contributed by atoms with Gasteiger partial charge >= 0.3 is 6.18 Å². The van der Waals surface area contributed by atoms with Gasteiger partial charge in [-0.15, -0.1) is 0 Å². The number of alkyl halides is 3. The smallest absolute Gasteiger partial charge is 0.411 e. The molecule has 0 amide bonds. The van der Waals surface area contributed by atoms with Crippen molar-refractivity contribution in [3.8, 4) is 5.75 Å². The van der Waals surface area contributed by atoms with Crippen LogP contribution in [-0.2, 0) is 15.4 Å². The second-order valence-corrected chi connectivity index (χ2v) is 11.4. The number of nitrogens with one attached hydrogen (secondary N) is 2. The summed E-state index contributed by atoms with van der Waals surface area (Å²) in [6.45, 7) is 2.45. The molecule has 13 heteroatoms. The molecule has 0 bridgehead atoms. The van der Waals surface area contributed by atoms with Crippen molar-refractivity contribution in [1.29, 1.82) is 0 Å². The topological polar surface area (TPSA) is 119 Å². The third-order valence-corrected chi connectivity index (χ3v) is 9.01. The number of halogens is 4. The van der Waals surface area contributed by atoms with E-state index in [1.807, 2.05) is 0 Å². The van der Waals surface area contributed by atoms with E-state index < -0.39 is 49.6 Å². The molecule has 0 saturated carbocycles. The van der Waals surface area contributed by atoms with Crippen LogP contribution in [0.25, 0.3) is 10.9 Å². The number of hydrogen-bond donors (Lipinski definition) is 3. The molecular weight excluding hydrogens is 490 g/mol. The van der Waals surface area contributed by atoms with E-state index in [-0.39, 0.29) is 11.5 Å². The van der Waals surface area contributed by atoms with Crippen LogP contribution >= 0.6 is 0 Å². The zero-order valence-electron chi connectivity index (χ0n) is 18.9. The average molecular weight is 514 g/mol. The maximum absolute atomic E-state index is 14.9. The van der Waals surface area contributed by atoms with Gasteiger partial charge < -0.3 is 15.8 Å².